The number of carbonyl (C=O) groups excluding carboxylic acids is 2. The largest absolute Gasteiger partial charge is 0.508 e. The Labute approximate surface area is 112 Å². The summed E-state index contributed by atoms with van der Waals surface area (Å²) in [4.78, 5) is 25.5. The second kappa shape index (κ2) is 4.91. The van der Waals surface area contributed by atoms with Crippen LogP contribution in [0.4, 0.5) is 4.79 Å². The Kier molecular flexibility index (Phi) is 3.46. The Morgan fingerprint density at radius 2 is 1.95 bits per heavy atom. The monoisotopic (exact) mass is 262 g/mol. The number of phenolic OH excluding ortho intramolecular Hbond substituents is 1. The van der Waals surface area contributed by atoms with Gasteiger partial charge in [-0.05, 0) is 30.5 Å². The molecule has 0 bridgehead atoms. The van der Waals surface area contributed by atoms with Gasteiger partial charge in [0.1, 0.15) is 11.3 Å². The van der Waals surface area contributed by atoms with Gasteiger partial charge < -0.3 is 10.0 Å². The molecule has 0 atom stereocenters. The Morgan fingerprint density at radius 1 is 1.26 bits per heavy atom. The van der Waals surface area contributed by atoms with Gasteiger partial charge in [0.2, 0.25) is 0 Å². The van der Waals surface area contributed by atoms with Crippen LogP contribution in [0.5, 0.6) is 5.75 Å². The smallest absolute Gasteiger partial charge is 0.325 e. The minimum atomic E-state index is -0.775. The summed E-state index contributed by atoms with van der Waals surface area (Å²) in [5, 5.41) is 11.8. The summed E-state index contributed by atoms with van der Waals surface area (Å²) in [5.74, 6) is -0.0790. The van der Waals surface area contributed by atoms with Crippen LogP contribution in [0, 0.1) is 0 Å². The van der Waals surface area contributed by atoms with Crippen LogP contribution in [0.1, 0.15) is 32.3 Å². The van der Waals surface area contributed by atoms with Gasteiger partial charge >= 0.3 is 6.03 Å². The van der Waals surface area contributed by atoms with Gasteiger partial charge in [-0.2, -0.15) is 0 Å². The number of amides is 3. The molecule has 2 rings (SSSR count). The first kappa shape index (κ1) is 13.4. The first-order valence-corrected chi connectivity index (χ1v) is 6.44. The highest BCUT2D eigenvalue weighted by Crippen LogP contribution is 2.31. The van der Waals surface area contributed by atoms with Crippen LogP contribution in [-0.4, -0.2) is 27.5 Å². The molecule has 5 heteroatoms. The van der Waals surface area contributed by atoms with E-state index in [1.165, 1.54) is 0 Å². The maximum atomic E-state index is 12.0. The lowest BCUT2D eigenvalue weighted by atomic mass is 9.91. The minimum absolute atomic E-state index is 0.155. The van der Waals surface area contributed by atoms with E-state index in [4.69, 9.17) is 0 Å². The summed E-state index contributed by atoms with van der Waals surface area (Å²) in [6.45, 7) is 4.11. The van der Waals surface area contributed by atoms with E-state index in [-0.39, 0.29) is 17.7 Å². The fourth-order valence-corrected chi connectivity index (χ4v) is 2.61. The first-order valence-electron chi connectivity index (χ1n) is 6.44. The molecule has 0 aromatic heterocycles. The average molecular weight is 262 g/mol. The number of hydrogen-bond donors (Lipinski definition) is 2. The van der Waals surface area contributed by atoms with Crippen LogP contribution in [0.25, 0.3) is 0 Å². The summed E-state index contributed by atoms with van der Waals surface area (Å²) in [6.07, 6.45) is 1.14. The number of benzene rings is 1. The summed E-state index contributed by atoms with van der Waals surface area (Å²) < 4.78 is 0. The number of imide groups is 1. The molecule has 0 spiro atoms. The topological polar surface area (TPSA) is 69.6 Å². The molecular formula is C14H18N2O3. The number of rotatable bonds is 4. The van der Waals surface area contributed by atoms with Crippen LogP contribution in [-0.2, 0) is 11.3 Å². The molecule has 1 aliphatic rings. The van der Waals surface area contributed by atoms with E-state index in [1.807, 2.05) is 19.9 Å². The summed E-state index contributed by atoms with van der Waals surface area (Å²) >= 11 is 0. The molecule has 1 saturated heterocycles. The van der Waals surface area contributed by atoms with Crippen molar-refractivity contribution in [2.24, 2.45) is 0 Å². The second-order valence-corrected chi connectivity index (χ2v) is 4.75. The zero-order valence-corrected chi connectivity index (χ0v) is 11.1. The molecule has 102 valence electrons. The number of phenols is 1. The summed E-state index contributed by atoms with van der Waals surface area (Å²) in [5.41, 5.74) is 0.0267. The van der Waals surface area contributed by atoms with Gasteiger partial charge in [0.15, 0.2) is 0 Å². The van der Waals surface area contributed by atoms with Crippen molar-refractivity contribution in [3.8, 4) is 5.75 Å². The third kappa shape index (κ3) is 2.16. The van der Waals surface area contributed by atoms with Crippen LogP contribution >= 0.6 is 0 Å². The zero-order valence-electron chi connectivity index (χ0n) is 11.1. The van der Waals surface area contributed by atoms with Gasteiger partial charge in [0.25, 0.3) is 5.91 Å². The minimum Gasteiger partial charge on any atom is -0.508 e. The van der Waals surface area contributed by atoms with Crippen molar-refractivity contribution in [1.82, 2.24) is 10.2 Å². The number of hydrogen-bond acceptors (Lipinski definition) is 3. The van der Waals surface area contributed by atoms with E-state index in [2.05, 4.69) is 5.32 Å². The van der Waals surface area contributed by atoms with Gasteiger partial charge in [-0.3, -0.25) is 10.1 Å². The van der Waals surface area contributed by atoms with E-state index >= 15 is 0 Å². The number of aromatic hydroxyl groups is 1. The Bertz CT molecular complexity index is 509. The normalized spacial score (nSPS) is 17.7. The lowest BCUT2D eigenvalue weighted by Crippen LogP contribution is -2.48. The zero-order chi connectivity index (χ0) is 14.0. The Morgan fingerprint density at radius 3 is 2.53 bits per heavy atom. The molecule has 5 nitrogen and oxygen atoms in total. The molecular weight excluding hydrogens is 244 g/mol. The van der Waals surface area contributed by atoms with Crippen LogP contribution in [0.3, 0.4) is 0 Å². The molecule has 0 aliphatic carbocycles. The predicted octanol–water partition coefficient (Wildman–Crippen LogP) is 2.00. The van der Waals surface area contributed by atoms with Gasteiger partial charge in [0.05, 0.1) is 0 Å². The number of nitrogens with one attached hydrogen (secondary N) is 1. The van der Waals surface area contributed by atoms with Crippen LogP contribution < -0.4 is 5.32 Å². The van der Waals surface area contributed by atoms with Gasteiger partial charge in [-0.25, -0.2) is 4.79 Å². The molecule has 0 unspecified atom stereocenters. The van der Waals surface area contributed by atoms with E-state index in [0.717, 1.165) is 5.56 Å². The highest BCUT2D eigenvalue weighted by atomic mass is 16.3. The van der Waals surface area contributed by atoms with Crippen molar-refractivity contribution >= 4 is 11.9 Å². The number of nitrogens with zero attached hydrogens (tertiary/aromatic N) is 1. The first-order chi connectivity index (χ1) is 9.03. The molecule has 0 saturated carbocycles. The number of urea groups is 1. The van der Waals surface area contributed by atoms with Crippen LogP contribution in [0.15, 0.2) is 24.3 Å². The Hall–Kier alpha value is -2.04. The van der Waals surface area contributed by atoms with Gasteiger partial charge in [-0.1, -0.05) is 26.0 Å². The fourth-order valence-electron chi connectivity index (χ4n) is 2.61. The average Bonchev–Trinajstić information content (AvgIpc) is 2.61. The van der Waals surface area contributed by atoms with E-state index in [0.29, 0.717) is 19.4 Å². The third-order valence-corrected chi connectivity index (χ3v) is 3.83. The summed E-state index contributed by atoms with van der Waals surface area (Å²) in [7, 11) is 0. The molecule has 0 radical (unpaired) electrons. The van der Waals surface area contributed by atoms with Crippen molar-refractivity contribution in [1.29, 1.82) is 0 Å². The van der Waals surface area contributed by atoms with Crippen molar-refractivity contribution < 1.29 is 14.7 Å². The highest BCUT2D eigenvalue weighted by molar-refractivity contribution is 6.06. The van der Waals surface area contributed by atoms with Gasteiger partial charge in [0, 0.05) is 6.54 Å². The predicted molar refractivity (Wildman–Crippen MR) is 70.5 cm³/mol. The Balaban J connectivity index is 2.31. The molecule has 3 amide bonds. The molecule has 1 aromatic rings. The molecule has 1 fully saturated rings. The SMILES string of the molecule is CCC1(CC)C(=O)NC(=O)N1Cc1cccc(O)c1. The fraction of sp³-hybridized carbons (Fsp3) is 0.429. The van der Waals surface area contributed by atoms with Crippen molar-refractivity contribution in [2.45, 2.75) is 38.8 Å². The quantitative estimate of drug-likeness (QED) is 0.815. The number of carbonyl (C=O) groups is 2. The van der Waals surface area contributed by atoms with Crippen molar-refractivity contribution in [2.75, 3.05) is 0 Å². The van der Waals surface area contributed by atoms with Crippen molar-refractivity contribution in [3.05, 3.63) is 29.8 Å². The molecule has 19 heavy (non-hydrogen) atoms. The van der Waals surface area contributed by atoms with E-state index in [9.17, 15) is 14.7 Å². The maximum Gasteiger partial charge on any atom is 0.325 e. The molecule has 2 N–H and O–H groups in total. The molecule has 1 heterocycles. The van der Waals surface area contributed by atoms with E-state index in [1.54, 1.807) is 23.1 Å². The maximum absolute atomic E-state index is 12.0. The molecule has 1 aromatic carbocycles. The highest BCUT2D eigenvalue weighted by Gasteiger charge is 2.50. The second-order valence-electron chi connectivity index (χ2n) is 4.75. The third-order valence-electron chi connectivity index (χ3n) is 3.83. The lowest BCUT2D eigenvalue weighted by molar-refractivity contribution is -0.127. The lowest BCUT2D eigenvalue weighted by Gasteiger charge is -2.33. The van der Waals surface area contributed by atoms with Crippen molar-refractivity contribution in [3.63, 3.8) is 0 Å². The van der Waals surface area contributed by atoms with E-state index < -0.39 is 5.54 Å². The van der Waals surface area contributed by atoms with Crippen LogP contribution in [0.2, 0.25) is 0 Å². The molecule has 1 aliphatic heterocycles. The van der Waals surface area contributed by atoms with Gasteiger partial charge in [-0.15, -0.1) is 0 Å². The standard InChI is InChI=1S/C14H18N2O3/c1-3-14(4-2)12(18)15-13(19)16(14)9-10-6-5-7-11(17)8-10/h5-8,17H,3-4,9H2,1-2H3,(H,15,18,19). The summed E-state index contributed by atoms with van der Waals surface area (Å²) in [6, 6.07) is 6.36.